The first kappa shape index (κ1) is 14.4. The van der Waals surface area contributed by atoms with Crippen molar-refractivity contribution in [2.24, 2.45) is 0 Å². The Kier molecular flexibility index (Phi) is 4.48. The lowest BCUT2D eigenvalue weighted by molar-refractivity contribution is 0.409. The van der Waals surface area contributed by atoms with Gasteiger partial charge >= 0.3 is 0 Å². The summed E-state index contributed by atoms with van der Waals surface area (Å²) in [7, 11) is 1.55. The summed E-state index contributed by atoms with van der Waals surface area (Å²) in [6, 6.07) is 10.2. The van der Waals surface area contributed by atoms with Crippen LogP contribution in [0.1, 0.15) is 22.1 Å². The Bertz CT molecular complexity index is 601. The Labute approximate surface area is 125 Å². The van der Waals surface area contributed by atoms with Gasteiger partial charge in [0, 0.05) is 10.0 Å². The van der Waals surface area contributed by atoms with E-state index in [0.29, 0.717) is 11.3 Å². The SMILES string of the molecule is COc1ccc(F)cc1C(Cl)c1ccc(C)cc1Br. The summed E-state index contributed by atoms with van der Waals surface area (Å²) in [4.78, 5) is 0. The molecule has 0 heterocycles. The van der Waals surface area contributed by atoms with Crippen molar-refractivity contribution in [3.8, 4) is 5.75 Å². The minimum atomic E-state index is -0.472. The van der Waals surface area contributed by atoms with Gasteiger partial charge in [0.2, 0.25) is 0 Å². The van der Waals surface area contributed by atoms with Gasteiger partial charge in [-0.1, -0.05) is 28.1 Å². The van der Waals surface area contributed by atoms with Crippen LogP contribution in [0.5, 0.6) is 5.75 Å². The van der Waals surface area contributed by atoms with Crippen molar-refractivity contribution in [1.29, 1.82) is 0 Å². The zero-order valence-electron chi connectivity index (χ0n) is 10.6. The predicted molar refractivity (Wildman–Crippen MR) is 79.5 cm³/mol. The number of hydrogen-bond donors (Lipinski definition) is 0. The summed E-state index contributed by atoms with van der Waals surface area (Å²) in [5, 5.41) is -0.472. The van der Waals surface area contributed by atoms with Crippen LogP contribution in [-0.2, 0) is 0 Å². The maximum absolute atomic E-state index is 13.4. The molecule has 0 aliphatic heterocycles. The van der Waals surface area contributed by atoms with Gasteiger partial charge in [-0.25, -0.2) is 4.39 Å². The number of methoxy groups -OCH3 is 1. The van der Waals surface area contributed by atoms with Gasteiger partial charge in [0.05, 0.1) is 12.5 Å². The first-order chi connectivity index (χ1) is 9.02. The molecule has 4 heteroatoms. The van der Waals surface area contributed by atoms with E-state index >= 15 is 0 Å². The molecule has 0 aliphatic rings. The van der Waals surface area contributed by atoms with E-state index in [1.165, 1.54) is 12.1 Å². The third kappa shape index (κ3) is 3.10. The van der Waals surface area contributed by atoms with Crippen molar-refractivity contribution < 1.29 is 9.13 Å². The molecule has 2 rings (SSSR count). The fourth-order valence-electron chi connectivity index (χ4n) is 1.91. The van der Waals surface area contributed by atoms with Gasteiger partial charge in [-0.3, -0.25) is 0 Å². The fraction of sp³-hybridized carbons (Fsp3) is 0.200. The number of ether oxygens (including phenoxy) is 1. The largest absolute Gasteiger partial charge is 0.496 e. The molecule has 0 saturated carbocycles. The highest BCUT2D eigenvalue weighted by molar-refractivity contribution is 9.10. The molecule has 1 atom stereocenters. The smallest absolute Gasteiger partial charge is 0.124 e. The summed E-state index contributed by atoms with van der Waals surface area (Å²) in [5.74, 6) is 0.249. The van der Waals surface area contributed by atoms with Crippen LogP contribution in [0.25, 0.3) is 0 Å². The third-order valence-corrected chi connectivity index (χ3v) is 4.05. The number of halogens is 3. The fourth-order valence-corrected chi connectivity index (χ4v) is 3.12. The van der Waals surface area contributed by atoms with Crippen molar-refractivity contribution in [1.82, 2.24) is 0 Å². The van der Waals surface area contributed by atoms with Crippen LogP contribution in [-0.4, -0.2) is 7.11 Å². The van der Waals surface area contributed by atoms with Crippen molar-refractivity contribution >= 4 is 27.5 Å². The third-order valence-electron chi connectivity index (χ3n) is 2.89. The van der Waals surface area contributed by atoms with Crippen LogP contribution in [0.3, 0.4) is 0 Å². The molecule has 0 N–H and O–H groups in total. The van der Waals surface area contributed by atoms with E-state index in [9.17, 15) is 4.39 Å². The lowest BCUT2D eigenvalue weighted by Gasteiger charge is -2.16. The van der Waals surface area contributed by atoms with Crippen LogP contribution in [0.2, 0.25) is 0 Å². The van der Waals surface area contributed by atoms with E-state index in [4.69, 9.17) is 16.3 Å². The lowest BCUT2D eigenvalue weighted by Crippen LogP contribution is -1.99. The monoisotopic (exact) mass is 342 g/mol. The summed E-state index contributed by atoms with van der Waals surface area (Å²) >= 11 is 9.96. The minimum absolute atomic E-state index is 0.329. The maximum atomic E-state index is 13.4. The topological polar surface area (TPSA) is 9.23 Å². The molecule has 0 spiro atoms. The molecule has 0 saturated heterocycles. The van der Waals surface area contributed by atoms with E-state index in [1.807, 2.05) is 25.1 Å². The Morgan fingerprint density at radius 3 is 2.53 bits per heavy atom. The highest BCUT2D eigenvalue weighted by Crippen LogP contribution is 2.38. The van der Waals surface area contributed by atoms with Gasteiger partial charge < -0.3 is 4.74 Å². The standard InChI is InChI=1S/C15H13BrClFO/c1-9-3-5-11(13(16)7-9)15(17)12-8-10(18)4-6-14(12)19-2/h3-8,15H,1-2H3. The Hall–Kier alpha value is -1.06. The van der Waals surface area contributed by atoms with Gasteiger partial charge in [-0.05, 0) is 42.3 Å². The zero-order chi connectivity index (χ0) is 14.0. The average molecular weight is 344 g/mol. The quantitative estimate of drug-likeness (QED) is 0.693. The molecule has 1 unspecified atom stereocenters. The lowest BCUT2D eigenvalue weighted by atomic mass is 10.0. The van der Waals surface area contributed by atoms with E-state index in [-0.39, 0.29) is 5.82 Å². The predicted octanol–water partition coefficient (Wildman–Crippen LogP) is 5.23. The Morgan fingerprint density at radius 1 is 1.16 bits per heavy atom. The van der Waals surface area contributed by atoms with E-state index in [2.05, 4.69) is 15.9 Å². The molecule has 0 radical (unpaired) electrons. The molecular weight excluding hydrogens is 331 g/mol. The first-order valence-corrected chi connectivity index (χ1v) is 6.99. The van der Waals surface area contributed by atoms with Crippen molar-refractivity contribution in [2.75, 3.05) is 7.11 Å². The number of alkyl halides is 1. The second-order valence-electron chi connectivity index (χ2n) is 4.27. The van der Waals surface area contributed by atoms with Crippen LogP contribution >= 0.6 is 27.5 Å². The molecule has 0 aliphatic carbocycles. The average Bonchev–Trinajstić information content (AvgIpc) is 2.38. The summed E-state index contributed by atoms with van der Waals surface area (Å²) in [6.07, 6.45) is 0. The highest BCUT2D eigenvalue weighted by Gasteiger charge is 2.18. The summed E-state index contributed by atoms with van der Waals surface area (Å²) in [6.45, 7) is 2.00. The van der Waals surface area contributed by atoms with Crippen LogP contribution in [0.15, 0.2) is 40.9 Å². The minimum Gasteiger partial charge on any atom is -0.496 e. The summed E-state index contributed by atoms with van der Waals surface area (Å²) < 4.78 is 19.5. The first-order valence-electron chi connectivity index (χ1n) is 5.76. The molecule has 0 bridgehead atoms. The second-order valence-corrected chi connectivity index (χ2v) is 5.56. The normalized spacial score (nSPS) is 12.3. The van der Waals surface area contributed by atoms with Crippen molar-refractivity contribution in [2.45, 2.75) is 12.3 Å². The van der Waals surface area contributed by atoms with E-state index in [0.717, 1.165) is 15.6 Å². The maximum Gasteiger partial charge on any atom is 0.124 e. The van der Waals surface area contributed by atoms with Gasteiger partial charge in [-0.2, -0.15) is 0 Å². The van der Waals surface area contributed by atoms with Gasteiger partial charge in [0.15, 0.2) is 0 Å². The molecule has 2 aromatic carbocycles. The number of benzene rings is 2. The summed E-state index contributed by atoms with van der Waals surface area (Å²) in [5.41, 5.74) is 2.63. The molecule has 0 aromatic heterocycles. The van der Waals surface area contributed by atoms with Crippen molar-refractivity contribution in [3.63, 3.8) is 0 Å². The molecule has 2 aromatic rings. The molecule has 0 fully saturated rings. The van der Waals surface area contributed by atoms with Crippen LogP contribution in [0, 0.1) is 12.7 Å². The van der Waals surface area contributed by atoms with Crippen LogP contribution < -0.4 is 4.74 Å². The zero-order valence-corrected chi connectivity index (χ0v) is 12.9. The molecule has 19 heavy (non-hydrogen) atoms. The van der Waals surface area contributed by atoms with Gasteiger partial charge in [0.25, 0.3) is 0 Å². The van der Waals surface area contributed by atoms with E-state index in [1.54, 1.807) is 13.2 Å². The Morgan fingerprint density at radius 2 is 1.89 bits per heavy atom. The Balaban J connectivity index is 2.49. The van der Waals surface area contributed by atoms with Gasteiger partial charge in [0.1, 0.15) is 11.6 Å². The van der Waals surface area contributed by atoms with E-state index < -0.39 is 5.38 Å². The van der Waals surface area contributed by atoms with Crippen molar-refractivity contribution in [3.05, 3.63) is 63.4 Å². The molecule has 1 nitrogen and oxygen atoms in total. The van der Waals surface area contributed by atoms with Crippen LogP contribution in [0.4, 0.5) is 4.39 Å². The van der Waals surface area contributed by atoms with Gasteiger partial charge in [-0.15, -0.1) is 11.6 Å². The molecule has 0 amide bonds. The number of rotatable bonds is 3. The molecule has 100 valence electrons. The second kappa shape index (κ2) is 5.93. The number of aryl methyl sites for hydroxylation is 1. The number of hydrogen-bond acceptors (Lipinski definition) is 1. The molecular formula is C15H13BrClFO. The highest BCUT2D eigenvalue weighted by atomic mass is 79.9.